The maximum Gasteiger partial charge on any atom is 0.196 e. The average Bonchev–Trinajstić information content (AvgIpc) is 2.90. The van der Waals surface area contributed by atoms with Gasteiger partial charge in [0, 0.05) is 17.0 Å². The third-order valence-corrected chi connectivity index (χ3v) is 3.49. The Balaban J connectivity index is 2.09. The number of rotatable bonds is 3. The lowest BCUT2D eigenvalue weighted by molar-refractivity contribution is 0.103. The van der Waals surface area contributed by atoms with Crippen LogP contribution in [-0.2, 0) is 0 Å². The summed E-state index contributed by atoms with van der Waals surface area (Å²) in [7, 11) is 1.56. The van der Waals surface area contributed by atoms with Crippen LogP contribution in [0.25, 0.3) is 11.0 Å². The number of methoxy groups -OCH3 is 1. The van der Waals surface area contributed by atoms with Crippen LogP contribution in [0.3, 0.4) is 0 Å². The van der Waals surface area contributed by atoms with Crippen molar-refractivity contribution in [1.29, 1.82) is 0 Å². The highest BCUT2D eigenvalue weighted by Crippen LogP contribution is 2.33. The smallest absolute Gasteiger partial charge is 0.196 e. The van der Waals surface area contributed by atoms with Gasteiger partial charge in [-0.15, -0.1) is 0 Å². The molecule has 5 heteroatoms. The number of benzene rings is 2. The average molecular weight is 303 g/mol. The van der Waals surface area contributed by atoms with E-state index >= 15 is 0 Å². The lowest BCUT2D eigenvalue weighted by Crippen LogP contribution is -2.00. The van der Waals surface area contributed by atoms with Crippen molar-refractivity contribution in [2.24, 2.45) is 0 Å². The molecule has 3 aromatic rings. The van der Waals surface area contributed by atoms with Crippen LogP contribution in [0.2, 0.25) is 5.02 Å². The molecule has 0 bridgehead atoms. The van der Waals surface area contributed by atoms with E-state index in [9.17, 15) is 9.90 Å². The molecule has 0 aliphatic rings. The third kappa shape index (κ3) is 2.34. The molecule has 1 N–H and O–H groups in total. The summed E-state index contributed by atoms with van der Waals surface area (Å²) in [5.41, 5.74) is 1.23. The molecule has 0 amide bonds. The van der Waals surface area contributed by atoms with E-state index in [1.165, 1.54) is 18.4 Å². The fourth-order valence-electron chi connectivity index (χ4n) is 2.15. The fraction of sp³-hybridized carbons (Fsp3) is 0.0625. The van der Waals surface area contributed by atoms with E-state index in [0.717, 1.165) is 0 Å². The molecule has 0 saturated carbocycles. The van der Waals surface area contributed by atoms with Gasteiger partial charge in [0.15, 0.2) is 11.4 Å². The highest BCUT2D eigenvalue weighted by atomic mass is 35.5. The first-order chi connectivity index (χ1) is 10.1. The number of fused-ring (bicyclic) bond motifs is 1. The zero-order chi connectivity index (χ0) is 15.0. The van der Waals surface area contributed by atoms with E-state index in [4.69, 9.17) is 20.8 Å². The summed E-state index contributed by atoms with van der Waals surface area (Å²) in [6.45, 7) is 0. The largest absolute Gasteiger partial charge is 0.508 e. The summed E-state index contributed by atoms with van der Waals surface area (Å²) in [4.78, 5) is 12.5. The van der Waals surface area contributed by atoms with Crippen LogP contribution in [0.4, 0.5) is 0 Å². The van der Waals surface area contributed by atoms with Gasteiger partial charge in [-0.3, -0.25) is 4.79 Å². The van der Waals surface area contributed by atoms with E-state index in [1.54, 1.807) is 31.4 Å². The lowest BCUT2D eigenvalue weighted by Gasteiger charge is -2.02. The summed E-state index contributed by atoms with van der Waals surface area (Å²) < 4.78 is 10.4. The van der Waals surface area contributed by atoms with Crippen LogP contribution in [0.1, 0.15) is 15.9 Å². The summed E-state index contributed by atoms with van der Waals surface area (Å²) >= 11 is 5.98. The molecule has 2 aromatic carbocycles. The van der Waals surface area contributed by atoms with Gasteiger partial charge in [0.25, 0.3) is 0 Å². The van der Waals surface area contributed by atoms with Crippen LogP contribution < -0.4 is 4.74 Å². The number of hydrogen-bond donors (Lipinski definition) is 1. The Morgan fingerprint density at radius 2 is 1.95 bits per heavy atom. The number of phenolic OH excluding ortho intramolecular Hbond substituents is 1. The van der Waals surface area contributed by atoms with Gasteiger partial charge in [-0.1, -0.05) is 11.6 Å². The molecule has 1 heterocycles. The van der Waals surface area contributed by atoms with E-state index in [0.29, 0.717) is 27.8 Å². The lowest BCUT2D eigenvalue weighted by atomic mass is 10.0. The second-order valence-electron chi connectivity index (χ2n) is 4.51. The second kappa shape index (κ2) is 5.14. The molecule has 21 heavy (non-hydrogen) atoms. The Bertz CT molecular complexity index is 818. The first kappa shape index (κ1) is 13.5. The monoisotopic (exact) mass is 302 g/mol. The van der Waals surface area contributed by atoms with Crippen molar-refractivity contribution in [3.8, 4) is 11.5 Å². The van der Waals surface area contributed by atoms with Crippen molar-refractivity contribution >= 4 is 28.4 Å². The molecule has 0 atom stereocenters. The molecule has 0 spiro atoms. The minimum Gasteiger partial charge on any atom is -0.508 e. The van der Waals surface area contributed by atoms with Gasteiger partial charge in [-0.25, -0.2) is 0 Å². The van der Waals surface area contributed by atoms with E-state index in [2.05, 4.69) is 0 Å². The fourth-order valence-corrected chi connectivity index (χ4v) is 2.41. The highest BCUT2D eigenvalue weighted by Gasteiger charge is 2.18. The molecule has 0 unspecified atom stereocenters. The van der Waals surface area contributed by atoms with Gasteiger partial charge in [-0.2, -0.15) is 0 Å². The molecular formula is C16H11ClO4. The maximum absolute atomic E-state index is 12.5. The topological polar surface area (TPSA) is 59.7 Å². The zero-order valence-corrected chi connectivity index (χ0v) is 11.8. The quantitative estimate of drug-likeness (QED) is 0.742. The Morgan fingerprint density at radius 1 is 1.24 bits per heavy atom. The van der Waals surface area contributed by atoms with Gasteiger partial charge in [0.05, 0.1) is 17.7 Å². The standard InChI is InChI=1S/C16H11ClO4/c1-20-11-4-2-9(3-5-11)15(19)13-8-21-16-12(13)6-10(18)7-14(16)17/h2-8,18H,1H3. The van der Waals surface area contributed by atoms with Crippen LogP contribution in [0.15, 0.2) is 47.1 Å². The van der Waals surface area contributed by atoms with Crippen molar-refractivity contribution in [3.63, 3.8) is 0 Å². The first-order valence-corrected chi connectivity index (χ1v) is 6.56. The SMILES string of the molecule is COc1ccc(C(=O)c2coc3c(Cl)cc(O)cc23)cc1. The van der Waals surface area contributed by atoms with Gasteiger partial charge >= 0.3 is 0 Å². The van der Waals surface area contributed by atoms with Gasteiger partial charge in [-0.05, 0) is 30.3 Å². The normalized spacial score (nSPS) is 10.8. The molecule has 0 aliphatic carbocycles. The number of furan rings is 1. The molecule has 0 radical (unpaired) electrons. The summed E-state index contributed by atoms with van der Waals surface area (Å²) in [5.74, 6) is 0.444. The van der Waals surface area contributed by atoms with Crippen molar-refractivity contribution in [2.75, 3.05) is 7.11 Å². The predicted molar refractivity (Wildman–Crippen MR) is 79.3 cm³/mol. The number of carbonyl (C=O) groups is 1. The molecule has 0 fully saturated rings. The molecule has 106 valence electrons. The Hall–Kier alpha value is -2.46. The first-order valence-electron chi connectivity index (χ1n) is 6.18. The number of ketones is 1. The molecule has 0 saturated heterocycles. The number of phenols is 1. The maximum atomic E-state index is 12.5. The van der Waals surface area contributed by atoms with Crippen LogP contribution in [-0.4, -0.2) is 18.0 Å². The van der Waals surface area contributed by atoms with Crippen molar-refractivity contribution < 1.29 is 19.1 Å². The number of hydrogen-bond acceptors (Lipinski definition) is 4. The van der Waals surface area contributed by atoms with Crippen molar-refractivity contribution in [1.82, 2.24) is 0 Å². The van der Waals surface area contributed by atoms with Crippen molar-refractivity contribution in [3.05, 3.63) is 58.8 Å². The van der Waals surface area contributed by atoms with Gasteiger partial charge < -0.3 is 14.3 Å². The number of aromatic hydroxyl groups is 1. The third-order valence-electron chi connectivity index (χ3n) is 3.21. The number of carbonyl (C=O) groups excluding carboxylic acids is 1. The van der Waals surface area contributed by atoms with Crippen molar-refractivity contribution in [2.45, 2.75) is 0 Å². The molecule has 3 rings (SSSR count). The van der Waals surface area contributed by atoms with E-state index < -0.39 is 0 Å². The molecular weight excluding hydrogens is 292 g/mol. The minimum absolute atomic E-state index is 0.0160. The molecule has 4 nitrogen and oxygen atoms in total. The van der Waals surface area contributed by atoms with Gasteiger partial charge in [0.1, 0.15) is 17.8 Å². The van der Waals surface area contributed by atoms with E-state index in [1.807, 2.05) is 0 Å². The Morgan fingerprint density at radius 3 is 2.62 bits per heavy atom. The Labute approximate surface area is 125 Å². The second-order valence-corrected chi connectivity index (χ2v) is 4.92. The highest BCUT2D eigenvalue weighted by molar-refractivity contribution is 6.35. The number of halogens is 1. The summed E-state index contributed by atoms with van der Waals surface area (Å²) in [6.07, 6.45) is 1.35. The van der Waals surface area contributed by atoms with Crippen LogP contribution in [0, 0.1) is 0 Å². The van der Waals surface area contributed by atoms with E-state index in [-0.39, 0.29) is 16.6 Å². The van der Waals surface area contributed by atoms with Crippen LogP contribution >= 0.6 is 11.6 Å². The predicted octanol–water partition coefficient (Wildman–Crippen LogP) is 4.03. The summed E-state index contributed by atoms with van der Waals surface area (Å²) in [6, 6.07) is 9.59. The van der Waals surface area contributed by atoms with Gasteiger partial charge in [0.2, 0.25) is 0 Å². The molecule has 0 aliphatic heterocycles. The van der Waals surface area contributed by atoms with Crippen LogP contribution in [0.5, 0.6) is 11.5 Å². The zero-order valence-electron chi connectivity index (χ0n) is 11.1. The minimum atomic E-state index is -0.210. The summed E-state index contributed by atoms with van der Waals surface area (Å²) in [5, 5.41) is 10.4. The Kier molecular flexibility index (Phi) is 3.31. The number of ether oxygens (including phenoxy) is 1. The molecule has 1 aromatic heterocycles.